The molecule has 1 fully saturated rings. The van der Waals surface area contributed by atoms with Crippen LogP contribution in [0.1, 0.15) is 40.0 Å². The van der Waals surface area contributed by atoms with Crippen molar-refractivity contribution in [2.45, 2.75) is 51.7 Å². The van der Waals surface area contributed by atoms with Crippen molar-refractivity contribution in [3.8, 4) is 5.75 Å². The number of carboxylic acids is 1. The van der Waals surface area contributed by atoms with Gasteiger partial charge in [-0.2, -0.15) is 0 Å². The Morgan fingerprint density at radius 2 is 2.04 bits per heavy atom. The minimum absolute atomic E-state index is 0.175. The van der Waals surface area contributed by atoms with E-state index in [1.54, 1.807) is 12.1 Å². The Morgan fingerprint density at radius 3 is 2.62 bits per heavy atom. The number of halogens is 1. The van der Waals surface area contributed by atoms with E-state index in [0.29, 0.717) is 30.4 Å². The summed E-state index contributed by atoms with van der Waals surface area (Å²) in [5.74, 6) is -0.770. The van der Waals surface area contributed by atoms with E-state index in [2.05, 4.69) is 5.32 Å². The molecule has 144 valence electrons. The number of hydrogen-bond donors (Lipinski definition) is 2. The second-order valence-corrected chi connectivity index (χ2v) is 7.42. The number of hydrogen-bond acceptors (Lipinski definition) is 4. The van der Waals surface area contributed by atoms with Gasteiger partial charge in [-0.1, -0.05) is 37.6 Å². The molecule has 0 saturated heterocycles. The van der Waals surface area contributed by atoms with E-state index >= 15 is 0 Å². The van der Waals surface area contributed by atoms with Gasteiger partial charge in [0.25, 0.3) is 0 Å². The van der Waals surface area contributed by atoms with Gasteiger partial charge in [-0.25, -0.2) is 4.79 Å². The van der Waals surface area contributed by atoms with Crippen LogP contribution in [0, 0.1) is 5.41 Å². The summed E-state index contributed by atoms with van der Waals surface area (Å²) < 4.78 is 11.1. The van der Waals surface area contributed by atoms with Gasteiger partial charge in [0.15, 0.2) is 0 Å². The lowest BCUT2D eigenvalue weighted by Crippen LogP contribution is -2.76. The van der Waals surface area contributed by atoms with Gasteiger partial charge in [0.1, 0.15) is 11.3 Å². The summed E-state index contributed by atoms with van der Waals surface area (Å²) in [5.41, 5.74) is -1.98. The highest BCUT2D eigenvalue weighted by atomic mass is 35.5. The molecule has 6 nitrogen and oxygen atoms in total. The summed E-state index contributed by atoms with van der Waals surface area (Å²) >= 11 is 6.00. The van der Waals surface area contributed by atoms with Crippen LogP contribution in [-0.2, 0) is 14.3 Å². The van der Waals surface area contributed by atoms with Gasteiger partial charge in [-0.05, 0) is 25.5 Å². The SMILES string of the molecule is CCOC1CC(NC(=O)CCCOc2ccccc2Cl)(C(=O)O)C1(C)C. The number of ether oxygens (including phenoxy) is 2. The highest BCUT2D eigenvalue weighted by Gasteiger charge is 2.66. The first-order chi connectivity index (χ1) is 12.2. The Kier molecular flexibility index (Phi) is 6.53. The predicted octanol–water partition coefficient (Wildman–Crippen LogP) is 3.27. The highest BCUT2D eigenvalue weighted by molar-refractivity contribution is 6.32. The first-order valence-corrected chi connectivity index (χ1v) is 9.15. The number of aliphatic carboxylic acids is 1. The van der Waals surface area contributed by atoms with E-state index in [1.807, 2.05) is 32.9 Å². The number of nitrogens with one attached hydrogen (secondary N) is 1. The van der Waals surface area contributed by atoms with Crippen molar-refractivity contribution in [3.05, 3.63) is 29.3 Å². The summed E-state index contributed by atoms with van der Waals surface area (Å²) in [6.45, 7) is 6.32. The Balaban J connectivity index is 1.86. The second kappa shape index (κ2) is 8.27. The molecular weight excluding hydrogens is 358 g/mol. The lowest BCUT2D eigenvalue weighted by Gasteiger charge is -2.58. The van der Waals surface area contributed by atoms with E-state index in [9.17, 15) is 14.7 Å². The molecule has 0 aliphatic heterocycles. The van der Waals surface area contributed by atoms with Crippen LogP contribution in [-0.4, -0.2) is 41.8 Å². The van der Waals surface area contributed by atoms with Crippen molar-refractivity contribution in [1.82, 2.24) is 5.32 Å². The van der Waals surface area contributed by atoms with Crippen molar-refractivity contribution < 1.29 is 24.2 Å². The number of amides is 1. The van der Waals surface area contributed by atoms with Gasteiger partial charge in [0.05, 0.1) is 17.7 Å². The van der Waals surface area contributed by atoms with E-state index in [1.165, 1.54) is 0 Å². The zero-order chi connectivity index (χ0) is 19.4. The third-order valence-corrected chi connectivity index (χ3v) is 5.44. The summed E-state index contributed by atoms with van der Waals surface area (Å²) in [6, 6.07) is 7.11. The molecule has 1 amide bonds. The van der Waals surface area contributed by atoms with Crippen molar-refractivity contribution in [2.75, 3.05) is 13.2 Å². The van der Waals surface area contributed by atoms with Crippen LogP contribution < -0.4 is 10.1 Å². The summed E-state index contributed by atoms with van der Waals surface area (Å²) in [4.78, 5) is 24.1. The Hall–Kier alpha value is -1.79. The molecule has 0 spiro atoms. The van der Waals surface area contributed by atoms with Crippen LogP contribution in [0.4, 0.5) is 0 Å². The fourth-order valence-electron chi connectivity index (χ4n) is 3.31. The van der Waals surface area contributed by atoms with Gasteiger partial charge in [0.2, 0.25) is 5.91 Å². The van der Waals surface area contributed by atoms with Crippen molar-refractivity contribution >= 4 is 23.5 Å². The summed E-state index contributed by atoms with van der Waals surface area (Å²) in [6.07, 6.45) is 0.717. The van der Waals surface area contributed by atoms with Crippen LogP contribution in [0.25, 0.3) is 0 Å². The van der Waals surface area contributed by atoms with Gasteiger partial charge >= 0.3 is 5.97 Å². The molecule has 1 aromatic rings. The maximum Gasteiger partial charge on any atom is 0.330 e. The summed E-state index contributed by atoms with van der Waals surface area (Å²) in [7, 11) is 0. The third kappa shape index (κ3) is 3.96. The predicted molar refractivity (Wildman–Crippen MR) is 98.5 cm³/mol. The molecule has 0 aromatic heterocycles. The van der Waals surface area contributed by atoms with E-state index in [0.717, 1.165) is 0 Å². The molecule has 2 atom stereocenters. The zero-order valence-electron chi connectivity index (χ0n) is 15.4. The first-order valence-electron chi connectivity index (χ1n) is 8.78. The third-order valence-electron chi connectivity index (χ3n) is 5.12. The lowest BCUT2D eigenvalue weighted by molar-refractivity contribution is -0.194. The van der Waals surface area contributed by atoms with Crippen molar-refractivity contribution in [1.29, 1.82) is 0 Å². The van der Waals surface area contributed by atoms with E-state index < -0.39 is 16.9 Å². The van der Waals surface area contributed by atoms with Gasteiger partial charge in [-0.3, -0.25) is 4.79 Å². The minimum atomic E-state index is -1.30. The number of carboxylic acid groups (broad SMARTS) is 1. The maximum absolute atomic E-state index is 12.3. The molecule has 0 heterocycles. The van der Waals surface area contributed by atoms with Gasteiger partial charge in [0, 0.05) is 24.9 Å². The average Bonchev–Trinajstić information content (AvgIpc) is 2.58. The molecule has 1 aromatic carbocycles. The lowest BCUT2D eigenvalue weighted by atomic mass is 9.54. The van der Waals surface area contributed by atoms with Crippen LogP contribution in [0.15, 0.2) is 24.3 Å². The quantitative estimate of drug-likeness (QED) is 0.639. The van der Waals surface area contributed by atoms with Crippen molar-refractivity contribution in [2.24, 2.45) is 5.41 Å². The summed E-state index contributed by atoms with van der Waals surface area (Å²) in [5, 5.41) is 12.9. The van der Waals surface area contributed by atoms with Crippen LogP contribution in [0.5, 0.6) is 5.75 Å². The Morgan fingerprint density at radius 1 is 1.35 bits per heavy atom. The molecule has 1 aliphatic carbocycles. The number of carbonyl (C=O) groups excluding carboxylic acids is 1. The monoisotopic (exact) mass is 383 g/mol. The van der Waals surface area contributed by atoms with Crippen LogP contribution in [0.2, 0.25) is 5.02 Å². The Labute approximate surface area is 158 Å². The Bertz CT molecular complexity index is 663. The minimum Gasteiger partial charge on any atom is -0.492 e. The number of benzene rings is 1. The topological polar surface area (TPSA) is 84.9 Å². The molecule has 0 radical (unpaired) electrons. The largest absolute Gasteiger partial charge is 0.492 e. The molecule has 1 saturated carbocycles. The molecular formula is C19H26ClNO5. The van der Waals surface area contributed by atoms with E-state index in [4.69, 9.17) is 21.1 Å². The highest BCUT2D eigenvalue weighted by Crippen LogP contribution is 2.51. The fraction of sp³-hybridized carbons (Fsp3) is 0.579. The number of carbonyl (C=O) groups is 2. The fourth-order valence-corrected chi connectivity index (χ4v) is 3.50. The maximum atomic E-state index is 12.3. The molecule has 0 bridgehead atoms. The zero-order valence-corrected chi connectivity index (χ0v) is 16.1. The van der Waals surface area contributed by atoms with Gasteiger partial charge in [-0.15, -0.1) is 0 Å². The second-order valence-electron chi connectivity index (χ2n) is 7.01. The molecule has 2 rings (SSSR count). The number of para-hydroxylation sites is 1. The average molecular weight is 384 g/mol. The van der Waals surface area contributed by atoms with E-state index in [-0.39, 0.29) is 24.9 Å². The normalized spacial score (nSPS) is 23.8. The van der Waals surface area contributed by atoms with Crippen LogP contribution in [0.3, 0.4) is 0 Å². The molecule has 2 unspecified atom stereocenters. The molecule has 26 heavy (non-hydrogen) atoms. The smallest absolute Gasteiger partial charge is 0.330 e. The number of rotatable bonds is 9. The first kappa shape index (κ1) is 20.5. The van der Waals surface area contributed by atoms with Crippen molar-refractivity contribution in [3.63, 3.8) is 0 Å². The standard InChI is InChI=1S/C19H26ClNO5/c1-4-25-15-12-19(17(23)24,18(15,2)3)21-16(22)10-7-11-26-14-9-6-5-8-13(14)20/h5-6,8-9,15H,4,7,10-12H2,1-3H3,(H,21,22)(H,23,24). The van der Waals surface area contributed by atoms with Gasteiger partial charge < -0.3 is 19.9 Å². The van der Waals surface area contributed by atoms with Crippen LogP contribution >= 0.6 is 11.6 Å². The molecule has 1 aliphatic rings. The molecule has 7 heteroatoms. The molecule has 2 N–H and O–H groups in total.